The van der Waals surface area contributed by atoms with Crippen LogP contribution in [0.25, 0.3) is 0 Å². The molecule has 0 fully saturated rings. The summed E-state index contributed by atoms with van der Waals surface area (Å²) >= 11 is 0. The first-order chi connectivity index (χ1) is 7.61. The van der Waals surface area contributed by atoms with Crippen molar-refractivity contribution >= 4 is 0 Å². The second-order valence-corrected chi connectivity index (χ2v) is 4.12. The summed E-state index contributed by atoms with van der Waals surface area (Å²) in [6, 6.07) is 8.23. The van der Waals surface area contributed by atoms with Gasteiger partial charge in [0.25, 0.3) is 0 Å². The molecular formula is C15H20O. The molecule has 1 heteroatoms. The Morgan fingerprint density at radius 1 is 1.06 bits per heavy atom. The molecule has 0 saturated carbocycles. The van der Waals surface area contributed by atoms with E-state index in [2.05, 4.69) is 39.0 Å². The Bertz CT molecular complexity index is 378. The van der Waals surface area contributed by atoms with Gasteiger partial charge in [-0.2, -0.15) is 0 Å². The zero-order chi connectivity index (χ0) is 12.0. The molecule has 1 aromatic carbocycles. The highest BCUT2D eigenvalue weighted by atomic mass is 16.5. The van der Waals surface area contributed by atoms with Crippen LogP contribution >= 0.6 is 0 Å². The largest absolute Gasteiger partial charge is 0.462 e. The molecule has 1 aromatic rings. The number of hydrogen-bond donors (Lipinski definition) is 0. The van der Waals surface area contributed by atoms with Gasteiger partial charge in [0.1, 0.15) is 11.5 Å². The summed E-state index contributed by atoms with van der Waals surface area (Å²) in [4.78, 5) is 0. The molecule has 86 valence electrons. The Morgan fingerprint density at radius 3 is 2.19 bits per heavy atom. The Balaban J connectivity index is 2.66. The van der Waals surface area contributed by atoms with Gasteiger partial charge in [0.05, 0.1) is 0 Å². The molecule has 16 heavy (non-hydrogen) atoms. The minimum atomic E-state index is 0.896. The molecule has 1 nitrogen and oxygen atoms in total. The number of benzene rings is 1. The van der Waals surface area contributed by atoms with E-state index in [1.807, 2.05) is 25.1 Å². The third-order valence-corrected chi connectivity index (χ3v) is 2.26. The van der Waals surface area contributed by atoms with Crippen molar-refractivity contribution in [1.82, 2.24) is 0 Å². The first kappa shape index (κ1) is 12.6. The van der Waals surface area contributed by atoms with Gasteiger partial charge in [-0.05, 0) is 51.0 Å². The van der Waals surface area contributed by atoms with E-state index in [-0.39, 0.29) is 0 Å². The summed E-state index contributed by atoms with van der Waals surface area (Å²) in [5.74, 6) is 1.80. The van der Waals surface area contributed by atoms with E-state index >= 15 is 0 Å². The van der Waals surface area contributed by atoms with E-state index < -0.39 is 0 Å². The van der Waals surface area contributed by atoms with E-state index in [1.165, 1.54) is 11.1 Å². The van der Waals surface area contributed by atoms with Gasteiger partial charge in [0, 0.05) is 0 Å². The summed E-state index contributed by atoms with van der Waals surface area (Å²) in [5, 5.41) is 0. The van der Waals surface area contributed by atoms with Gasteiger partial charge in [-0.15, -0.1) is 0 Å². The lowest BCUT2D eigenvalue weighted by Crippen LogP contribution is -1.90. The van der Waals surface area contributed by atoms with Crippen LogP contribution in [0.2, 0.25) is 0 Å². The lowest BCUT2D eigenvalue weighted by atomic mass is 10.2. The Hall–Kier alpha value is -1.50. The third-order valence-electron chi connectivity index (χ3n) is 2.26. The molecule has 0 saturated heterocycles. The zero-order valence-electron chi connectivity index (χ0n) is 10.6. The summed E-state index contributed by atoms with van der Waals surface area (Å²) in [6.45, 7) is 8.25. The maximum absolute atomic E-state index is 5.68. The van der Waals surface area contributed by atoms with Gasteiger partial charge in [-0.1, -0.05) is 30.7 Å². The highest BCUT2D eigenvalue weighted by Crippen LogP contribution is 2.15. The molecule has 1 rings (SSSR count). The van der Waals surface area contributed by atoms with Crippen LogP contribution in [0.4, 0.5) is 0 Å². The minimum Gasteiger partial charge on any atom is -0.462 e. The van der Waals surface area contributed by atoms with Crippen molar-refractivity contribution in [3.05, 3.63) is 53.3 Å². The highest BCUT2D eigenvalue weighted by Gasteiger charge is 1.95. The van der Waals surface area contributed by atoms with Crippen molar-refractivity contribution in [2.75, 3.05) is 0 Å². The summed E-state index contributed by atoms with van der Waals surface area (Å²) in [5.41, 5.74) is 2.60. The zero-order valence-corrected chi connectivity index (χ0v) is 10.6. The van der Waals surface area contributed by atoms with Crippen molar-refractivity contribution < 1.29 is 4.74 Å². The van der Waals surface area contributed by atoms with E-state index in [0.29, 0.717) is 0 Å². The number of allylic oxidation sites excluding steroid dienone is 4. The van der Waals surface area contributed by atoms with Crippen LogP contribution < -0.4 is 4.74 Å². The van der Waals surface area contributed by atoms with Crippen molar-refractivity contribution in [2.24, 2.45) is 0 Å². The number of rotatable bonds is 4. The number of ether oxygens (including phenoxy) is 1. The van der Waals surface area contributed by atoms with Crippen molar-refractivity contribution in [3.63, 3.8) is 0 Å². The minimum absolute atomic E-state index is 0.896. The maximum atomic E-state index is 5.68. The van der Waals surface area contributed by atoms with Crippen LogP contribution in [0.3, 0.4) is 0 Å². The van der Waals surface area contributed by atoms with Crippen LogP contribution in [-0.4, -0.2) is 0 Å². The summed E-state index contributed by atoms with van der Waals surface area (Å²) in [6.07, 6.45) is 5.10. The van der Waals surface area contributed by atoms with Gasteiger partial charge >= 0.3 is 0 Å². The molecule has 0 aromatic heterocycles. The van der Waals surface area contributed by atoms with E-state index in [9.17, 15) is 0 Å². The fourth-order valence-corrected chi connectivity index (χ4v) is 1.30. The van der Waals surface area contributed by atoms with Gasteiger partial charge in [0.15, 0.2) is 0 Å². The van der Waals surface area contributed by atoms with Gasteiger partial charge in [-0.25, -0.2) is 0 Å². The Labute approximate surface area is 98.5 Å². The normalized spacial score (nSPS) is 11.1. The fourth-order valence-electron chi connectivity index (χ4n) is 1.30. The second kappa shape index (κ2) is 6.16. The molecule has 0 aliphatic heterocycles. The first-order valence-electron chi connectivity index (χ1n) is 5.70. The summed E-state index contributed by atoms with van der Waals surface area (Å²) in [7, 11) is 0. The highest BCUT2D eigenvalue weighted by molar-refractivity contribution is 5.29. The Kier molecular flexibility index (Phi) is 4.84. The number of aryl methyl sites for hydroxylation is 1. The maximum Gasteiger partial charge on any atom is 0.126 e. The molecule has 0 N–H and O–H groups in total. The molecule has 0 aliphatic carbocycles. The standard InChI is InChI=1S/C15H20O/c1-5-14-8-10-15(11-9-14)16-13(4)7-6-12(2)3/h6-11H,5H2,1-4H3/b13-7+. The fraction of sp³-hybridized carbons (Fsp3) is 0.333. The van der Waals surface area contributed by atoms with E-state index in [0.717, 1.165) is 17.9 Å². The average molecular weight is 216 g/mol. The summed E-state index contributed by atoms with van der Waals surface area (Å²) < 4.78 is 5.68. The smallest absolute Gasteiger partial charge is 0.126 e. The average Bonchev–Trinajstić information content (AvgIpc) is 2.27. The van der Waals surface area contributed by atoms with Gasteiger partial charge in [0.2, 0.25) is 0 Å². The lowest BCUT2D eigenvalue weighted by Gasteiger charge is -2.05. The van der Waals surface area contributed by atoms with Crippen LogP contribution in [-0.2, 0) is 6.42 Å². The monoisotopic (exact) mass is 216 g/mol. The van der Waals surface area contributed by atoms with Crippen molar-refractivity contribution in [2.45, 2.75) is 34.1 Å². The first-order valence-corrected chi connectivity index (χ1v) is 5.70. The number of hydrogen-bond acceptors (Lipinski definition) is 1. The molecule has 0 spiro atoms. The molecule has 0 bridgehead atoms. The van der Waals surface area contributed by atoms with E-state index in [4.69, 9.17) is 4.74 Å². The predicted octanol–water partition coefficient (Wildman–Crippen LogP) is 4.50. The Morgan fingerprint density at radius 2 is 1.69 bits per heavy atom. The molecule has 0 aliphatic rings. The van der Waals surface area contributed by atoms with Crippen molar-refractivity contribution in [1.29, 1.82) is 0 Å². The molecule has 0 heterocycles. The predicted molar refractivity (Wildman–Crippen MR) is 69.6 cm³/mol. The lowest BCUT2D eigenvalue weighted by molar-refractivity contribution is 0.428. The van der Waals surface area contributed by atoms with Crippen molar-refractivity contribution in [3.8, 4) is 5.75 Å². The second-order valence-electron chi connectivity index (χ2n) is 4.12. The van der Waals surface area contributed by atoms with Gasteiger partial charge in [-0.3, -0.25) is 0 Å². The van der Waals surface area contributed by atoms with Crippen LogP contribution in [0.15, 0.2) is 47.7 Å². The molecule has 0 radical (unpaired) electrons. The van der Waals surface area contributed by atoms with Crippen LogP contribution in [0, 0.1) is 0 Å². The van der Waals surface area contributed by atoms with Gasteiger partial charge < -0.3 is 4.74 Å². The van der Waals surface area contributed by atoms with Crippen LogP contribution in [0.5, 0.6) is 5.75 Å². The topological polar surface area (TPSA) is 9.23 Å². The third kappa shape index (κ3) is 4.35. The van der Waals surface area contributed by atoms with Crippen LogP contribution in [0.1, 0.15) is 33.3 Å². The molecule has 0 unspecified atom stereocenters. The quantitative estimate of drug-likeness (QED) is 0.532. The molecule has 0 amide bonds. The van der Waals surface area contributed by atoms with E-state index in [1.54, 1.807) is 0 Å². The molecular weight excluding hydrogens is 196 g/mol. The SMILES string of the molecule is CCc1ccc(O/C(C)=C/C=C(C)C)cc1. The molecule has 0 atom stereocenters.